The van der Waals surface area contributed by atoms with Crippen molar-refractivity contribution < 1.29 is 33.6 Å². The Bertz CT molecular complexity index is 1080. The van der Waals surface area contributed by atoms with Crippen LogP contribution in [0.1, 0.15) is 29.2 Å². The fourth-order valence-corrected chi connectivity index (χ4v) is 4.04. The zero-order valence-corrected chi connectivity index (χ0v) is 19.5. The molecule has 1 unspecified atom stereocenters. The quantitative estimate of drug-likeness (QED) is 0.268. The number of hydrogen-bond acceptors (Lipinski definition) is 7. The van der Waals surface area contributed by atoms with Crippen molar-refractivity contribution in [2.24, 2.45) is 0 Å². The molecule has 0 aromatic heterocycles. The van der Waals surface area contributed by atoms with Crippen molar-refractivity contribution in [3.8, 4) is 17.2 Å². The number of nitrogens with zero attached hydrogens (tertiary/aromatic N) is 1. The molecule has 1 amide bonds. The van der Waals surface area contributed by atoms with Gasteiger partial charge in [-0.3, -0.25) is 9.59 Å². The molecule has 1 saturated heterocycles. The normalized spacial score (nSPS) is 17.4. The van der Waals surface area contributed by atoms with Crippen molar-refractivity contribution in [2.75, 3.05) is 41.6 Å². The van der Waals surface area contributed by atoms with Crippen molar-refractivity contribution in [1.29, 1.82) is 0 Å². The van der Waals surface area contributed by atoms with E-state index < -0.39 is 17.7 Å². The van der Waals surface area contributed by atoms with E-state index in [0.29, 0.717) is 47.0 Å². The van der Waals surface area contributed by atoms with Gasteiger partial charge in [0.15, 0.2) is 0 Å². The minimum atomic E-state index is -0.853. The molecule has 0 radical (unpaired) electrons. The monoisotopic (exact) mass is 455 g/mol. The first-order valence-corrected chi connectivity index (χ1v) is 10.5. The summed E-state index contributed by atoms with van der Waals surface area (Å²) >= 11 is 0. The molecule has 1 heterocycles. The second-order valence-corrected chi connectivity index (χ2v) is 7.63. The number of amides is 1. The molecule has 8 heteroatoms. The van der Waals surface area contributed by atoms with Gasteiger partial charge in [-0.25, -0.2) is 0 Å². The summed E-state index contributed by atoms with van der Waals surface area (Å²) in [5, 5.41) is 11.3. The Morgan fingerprint density at radius 1 is 0.970 bits per heavy atom. The van der Waals surface area contributed by atoms with Crippen molar-refractivity contribution in [3.63, 3.8) is 0 Å². The molecule has 33 heavy (non-hydrogen) atoms. The lowest BCUT2D eigenvalue weighted by Gasteiger charge is -2.27. The summed E-state index contributed by atoms with van der Waals surface area (Å²) in [7, 11) is 6.16. The molecule has 1 atom stereocenters. The van der Waals surface area contributed by atoms with Crippen LogP contribution in [0.4, 0.5) is 0 Å². The van der Waals surface area contributed by atoms with E-state index in [1.54, 1.807) is 57.5 Å². The van der Waals surface area contributed by atoms with Gasteiger partial charge in [-0.1, -0.05) is 0 Å². The minimum Gasteiger partial charge on any atom is -0.507 e. The predicted octanol–water partition coefficient (Wildman–Crippen LogP) is 3.48. The van der Waals surface area contributed by atoms with Crippen molar-refractivity contribution in [1.82, 2.24) is 4.90 Å². The topological polar surface area (TPSA) is 94.5 Å². The van der Waals surface area contributed by atoms with Crippen LogP contribution in [0.3, 0.4) is 0 Å². The number of likely N-dealkylation sites (tertiary alicyclic amines) is 1. The van der Waals surface area contributed by atoms with Gasteiger partial charge < -0.3 is 29.0 Å². The molecule has 1 aliphatic heterocycles. The van der Waals surface area contributed by atoms with E-state index in [1.165, 1.54) is 19.1 Å². The van der Waals surface area contributed by atoms with E-state index >= 15 is 0 Å². The Morgan fingerprint density at radius 3 is 2.24 bits per heavy atom. The van der Waals surface area contributed by atoms with E-state index in [1.807, 2.05) is 0 Å². The van der Waals surface area contributed by atoms with Crippen LogP contribution < -0.4 is 14.2 Å². The SMILES string of the molecule is COCCCN1C(=O)C(=O)C(=C(O)c2ccc(OC)cc2C)C1c1cc(OC)ccc1OC. The van der Waals surface area contributed by atoms with Crippen LogP contribution in [0.2, 0.25) is 0 Å². The third-order valence-corrected chi connectivity index (χ3v) is 5.71. The average molecular weight is 456 g/mol. The van der Waals surface area contributed by atoms with Crippen LogP contribution in [-0.2, 0) is 14.3 Å². The van der Waals surface area contributed by atoms with Crippen molar-refractivity contribution in [3.05, 3.63) is 58.7 Å². The number of carbonyl (C=O) groups excluding carboxylic acids is 2. The van der Waals surface area contributed by atoms with Gasteiger partial charge in [0.25, 0.3) is 11.7 Å². The maximum absolute atomic E-state index is 13.2. The van der Waals surface area contributed by atoms with Gasteiger partial charge in [-0.05, 0) is 55.3 Å². The largest absolute Gasteiger partial charge is 0.507 e. The molecule has 8 nitrogen and oxygen atoms in total. The Kier molecular flexibility index (Phi) is 7.60. The van der Waals surface area contributed by atoms with Gasteiger partial charge in [0.1, 0.15) is 23.0 Å². The molecule has 3 rings (SSSR count). The van der Waals surface area contributed by atoms with E-state index in [0.717, 1.165) is 0 Å². The number of ether oxygens (including phenoxy) is 4. The van der Waals surface area contributed by atoms with E-state index in [9.17, 15) is 14.7 Å². The van der Waals surface area contributed by atoms with Gasteiger partial charge in [0.05, 0.1) is 32.9 Å². The van der Waals surface area contributed by atoms with Crippen LogP contribution in [0.25, 0.3) is 5.76 Å². The highest BCUT2D eigenvalue weighted by Crippen LogP contribution is 2.44. The summed E-state index contributed by atoms with van der Waals surface area (Å²) in [5.74, 6) is -0.0675. The maximum atomic E-state index is 13.2. The number of aliphatic hydroxyl groups is 1. The zero-order chi connectivity index (χ0) is 24.1. The highest BCUT2D eigenvalue weighted by Gasteiger charge is 2.47. The van der Waals surface area contributed by atoms with Crippen LogP contribution in [0.5, 0.6) is 17.2 Å². The lowest BCUT2D eigenvalue weighted by molar-refractivity contribution is -0.140. The smallest absolute Gasteiger partial charge is 0.295 e. The second-order valence-electron chi connectivity index (χ2n) is 7.63. The Hall–Kier alpha value is -3.52. The first kappa shape index (κ1) is 24.1. The summed E-state index contributed by atoms with van der Waals surface area (Å²) in [4.78, 5) is 27.7. The molecule has 0 saturated carbocycles. The summed E-state index contributed by atoms with van der Waals surface area (Å²) < 4.78 is 21.3. The van der Waals surface area contributed by atoms with Crippen LogP contribution in [0, 0.1) is 6.92 Å². The fraction of sp³-hybridized carbons (Fsp3) is 0.360. The molecular formula is C25H29NO7. The summed E-state index contributed by atoms with van der Waals surface area (Å²) in [6.07, 6.45) is 0.522. The average Bonchev–Trinajstić information content (AvgIpc) is 3.08. The lowest BCUT2D eigenvalue weighted by atomic mass is 9.93. The van der Waals surface area contributed by atoms with Gasteiger partial charge in [0, 0.05) is 31.4 Å². The molecule has 176 valence electrons. The molecule has 2 aromatic carbocycles. The highest BCUT2D eigenvalue weighted by atomic mass is 16.5. The number of ketones is 1. The number of aliphatic hydroxyl groups excluding tert-OH is 1. The molecule has 2 aromatic rings. The van der Waals surface area contributed by atoms with Gasteiger partial charge >= 0.3 is 0 Å². The maximum Gasteiger partial charge on any atom is 0.295 e. The van der Waals surface area contributed by atoms with Crippen LogP contribution in [-0.4, -0.2) is 63.3 Å². The molecule has 1 fully saturated rings. The van der Waals surface area contributed by atoms with Crippen LogP contribution >= 0.6 is 0 Å². The van der Waals surface area contributed by atoms with E-state index in [4.69, 9.17) is 18.9 Å². The third-order valence-electron chi connectivity index (χ3n) is 5.71. The Balaban J connectivity index is 2.23. The molecular weight excluding hydrogens is 426 g/mol. The van der Waals surface area contributed by atoms with Gasteiger partial charge in [0.2, 0.25) is 0 Å². The summed E-state index contributed by atoms with van der Waals surface area (Å²) in [5.41, 5.74) is 1.68. The van der Waals surface area contributed by atoms with E-state index in [-0.39, 0.29) is 17.9 Å². The number of aryl methyl sites for hydroxylation is 1. The Morgan fingerprint density at radius 2 is 1.64 bits per heavy atom. The third kappa shape index (κ3) is 4.66. The zero-order valence-electron chi connectivity index (χ0n) is 19.5. The molecule has 1 aliphatic rings. The van der Waals surface area contributed by atoms with Gasteiger partial charge in [-0.15, -0.1) is 0 Å². The second kappa shape index (κ2) is 10.4. The number of rotatable bonds is 9. The highest BCUT2D eigenvalue weighted by molar-refractivity contribution is 6.46. The van der Waals surface area contributed by atoms with Gasteiger partial charge in [-0.2, -0.15) is 0 Å². The number of hydrogen-bond donors (Lipinski definition) is 1. The fourth-order valence-electron chi connectivity index (χ4n) is 4.04. The first-order valence-electron chi connectivity index (χ1n) is 10.5. The Labute approximate surface area is 193 Å². The number of Topliss-reactive ketones (excluding diaryl/α,β-unsaturated/α-hetero) is 1. The minimum absolute atomic E-state index is 0.00256. The predicted molar refractivity (Wildman–Crippen MR) is 123 cm³/mol. The summed E-state index contributed by atoms with van der Waals surface area (Å²) in [6.45, 7) is 2.48. The van der Waals surface area contributed by atoms with Crippen molar-refractivity contribution >= 4 is 17.4 Å². The first-order chi connectivity index (χ1) is 15.9. The number of methoxy groups -OCH3 is 4. The molecule has 0 aliphatic carbocycles. The van der Waals surface area contributed by atoms with Crippen LogP contribution in [0.15, 0.2) is 42.0 Å². The van der Waals surface area contributed by atoms with Crippen molar-refractivity contribution in [2.45, 2.75) is 19.4 Å². The standard InChI is InChI=1S/C25H29NO7/c1-15-13-16(31-3)7-9-18(15)23(27)21-22(19-14-17(32-4)8-10-20(19)33-5)26(11-6-12-30-2)25(29)24(21)28/h7-10,13-14,22,27H,6,11-12H2,1-5H3. The molecule has 1 N–H and O–H groups in total. The lowest BCUT2D eigenvalue weighted by Crippen LogP contribution is -2.31. The van der Waals surface area contributed by atoms with E-state index in [2.05, 4.69) is 0 Å². The summed E-state index contributed by atoms with van der Waals surface area (Å²) in [6, 6.07) is 9.42. The molecule has 0 bridgehead atoms. The molecule has 0 spiro atoms. The number of carbonyl (C=O) groups is 2. The number of benzene rings is 2.